The molecule has 1 amide bonds. The Bertz CT molecular complexity index is 784. The van der Waals surface area contributed by atoms with Crippen molar-refractivity contribution in [3.05, 3.63) is 51.8 Å². The molecule has 3 rings (SSSR count). The van der Waals surface area contributed by atoms with Gasteiger partial charge in [0, 0.05) is 35.8 Å². The number of H-pyrrole nitrogens is 1. The van der Waals surface area contributed by atoms with Gasteiger partial charge < -0.3 is 5.32 Å². The van der Waals surface area contributed by atoms with Crippen LogP contribution in [0.5, 0.6) is 0 Å². The maximum Gasteiger partial charge on any atom is 0.292 e. The maximum absolute atomic E-state index is 12.3. The number of nitrogens with one attached hydrogen (secondary N) is 2. The van der Waals surface area contributed by atoms with Gasteiger partial charge in [0.05, 0.1) is 17.7 Å². The Labute approximate surface area is 139 Å². The molecule has 0 spiro atoms. The van der Waals surface area contributed by atoms with Crippen LogP contribution in [0.4, 0.5) is 11.4 Å². The molecular weight excluding hydrogens is 310 g/mol. The maximum atomic E-state index is 12.3. The molecule has 2 N–H and O–H groups in total. The third kappa shape index (κ3) is 3.13. The smallest absolute Gasteiger partial charge is 0.292 e. The van der Waals surface area contributed by atoms with Gasteiger partial charge in [0.2, 0.25) is 5.91 Å². The molecule has 2 aromatic rings. The van der Waals surface area contributed by atoms with Gasteiger partial charge in [-0.1, -0.05) is 26.0 Å². The van der Waals surface area contributed by atoms with Crippen molar-refractivity contribution in [3.8, 4) is 0 Å². The number of para-hydroxylation sites is 2. The second-order valence-corrected chi connectivity index (χ2v) is 6.62. The molecule has 8 nitrogen and oxygen atoms in total. The number of carbonyl (C=O) groups excluding carboxylic acids is 1. The lowest BCUT2D eigenvalue weighted by molar-refractivity contribution is -0.383. The molecule has 0 unspecified atom stereocenters. The number of nitro groups is 1. The molecule has 0 aliphatic carbocycles. The Kier molecular flexibility index (Phi) is 4.06. The summed E-state index contributed by atoms with van der Waals surface area (Å²) in [6.07, 6.45) is 1.78. The number of hydrogen-bond acceptors (Lipinski definition) is 5. The number of carbonyl (C=O) groups is 1. The predicted molar refractivity (Wildman–Crippen MR) is 88.6 cm³/mol. The average Bonchev–Trinajstić information content (AvgIpc) is 2.96. The van der Waals surface area contributed by atoms with Gasteiger partial charge in [0.25, 0.3) is 5.69 Å². The number of aromatic amines is 1. The third-order valence-electron chi connectivity index (χ3n) is 4.15. The fraction of sp³-hybridized carbons (Fsp3) is 0.375. The number of anilines is 1. The van der Waals surface area contributed by atoms with Crippen LogP contribution in [0, 0.1) is 10.1 Å². The zero-order chi connectivity index (χ0) is 17.3. The SMILES string of the molecule is CC1(C)CN(CC(=O)Nc2ccccc2[N+](=O)[O-])Cc2cn[nH]c21. The second kappa shape index (κ2) is 6.04. The lowest BCUT2D eigenvalue weighted by Gasteiger charge is -2.37. The Balaban J connectivity index is 1.70. The first-order valence-corrected chi connectivity index (χ1v) is 7.65. The number of nitro benzene ring substituents is 1. The van der Waals surface area contributed by atoms with Gasteiger partial charge in [-0.05, 0) is 6.07 Å². The summed E-state index contributed by atoms with van der Waals surface area (Å²) in [5.74, 6) is -0.271. The molecule has 0 fully saturated rings. The van der Waals surface area contributed by atoms with Gasteiger partial charge in [-0.25, -0.2) is 0 Å². The molecule has 0 atom stereocenters. The van der Waals surface area contributed by atoms with Crippen molar-refractivity contribution in [1.82, 2.24) is 15.1 Å². The monoisotopic (exact) mass is 329 g/mol. The Morgan fingerprint density at radius 2 is 2.21 bits per heavy atom. The van der Waals surface area contributed by atoms with Crippen molar-refractivity contribution >= 4 is 17.3 Å². The van der Waals surface area contributed by atoms with E-state index in [4.69, 9.17) is 0 Å². The van der Waals surface area contributed by atoms with E-state index in [0.717, 1.165) is 11.3 Å². The fourth-order valence-electron chi connectivity index (χ4n) is 3.20. The van der Waals surface area contributed by atoms with Crippen LogP contribution >= 0.6 is 0 Å². The van der Waals surface area contributed by atoms with Crippen molar-refractivity contribution in [3.63, 3.8) is 0 Å². The van der Waals surface area contributed by atoms with Crippen LogP contribution in [0.2, 0.25) is 0 Å². The predicted octanol–water partition coefficient (Wildman–Crippen LogP) is 2.05. The van der Waals surface area contributed by atoms with Crippen molar-refractivity contribution in [2.75, 3.05) is 18.4 Å². The molecule has 1 aliphatic heterocycles. The van der Waals surface area contributed by atoms with E-state index in [1.807, 2.05) is 4.90 Å². The molecule has 24 heavy (non-hydrogen) atoms. The number of nitrogens with zero attached hydrogens (tertiary/aromatic N) is 3. The van der Waals surface area contributed by atoms with E-state index in [0.29, 0.717) is 13.1 Å². The van der Waals surface area contributed by atoms with Crippen LogP contribution in [-0.2, 0) is 16.8 Å². The van der Waals surface area contributed by atoms with Crippen LogP contribution in [0.3, 0.4) is 0 Å². The molecule has 2 heterocycles. The van der Waals surface area contributed by atoms with E-state index in [2.05, 4.69) is 29.4 Å². The Hall–Kier alpha value is -2.74. The summed E-state index contributed by atoms with van der Waals surface area (Å²) in [6, 6.07) is 6.13. The minimum absolute atomic E-state index is 0.109. The highest BCUT2D eigenvalue weighted by molar-refractivity contribution is 5.94. The van der Waals surface area contributed by atoms with Gasteiger partial charge in [-0.15, -0.1) is 0 Å². The zero-order valence-corrected chi connectivity index (χ0v) is 13.6. The van der Waals surface area contributed by atoms with Crippen molar-refractivity contribution in [2.45, 2.75) is 25.8 Å². The largest absolute Gasteiger partial charge is 0.319 e. The first-order valence-electron chi connectivity index (χ1n) is 7.65. The van der Waals surface area contributed by atoms with E-state index in [9.17, 15) is 14.9 Å². The van der Waals surface area contributed by atoms with Crippen molar-refractivity contribution < 1.29 is 9.72 Å². The highest BCUT2D eigenvalue weighted by atomic mass is 16.6. The number of amides is 1. The van der Waals surface area contributed by atoms with Gasteiger partial charge in [0.15, 0.2) is 0 Å². The fourth-order valence-corrected chi connectivity index (χ4v) is 3.20. The highest BCUT2D eigenvalue weighted by Gasteiger charge is 2.34. The summed E-state index contributed by atoms with van der Waals surface area (Å²) >= 11 is 0. The number of fused-ring (bicyclic) bond motifs is 1. The van der Waals surface area contributed by atoms with Gasteiger partial charge in [-0.3, -0.25) is 24.9 Å². The van der Waals surface area contributed by atoms with E-state index in [1.165, 1.54) is 12.1 Å². The molecule has 0 bridgehead atoms. The van der Waals surface area contributed by atoms with Gasteiger partial charge in [-0.2, -0.15) is 5.10 Å². The van der Waals surface area contributed by atoms with Gasteiger partial charge in [0.1, 0.15) is 5.69 Å². The van der Waals surface area contributed by atoms with Crippen LogP contribution < -0.4 is 5.32 Å². The summed E-state index contributed by atoms with van der Waals surface area (Å²) in [6.45, 7) is 5.68. The third-order valence-corrected chi connectivity index (χ3v) is 4.15. The molecule has 0 saturated heterocycles. The highest BCUT2D eigenvalue weighted by Crippen LogP contribution is 2.31. The summed E-state index contributed by atoms with van der Waals surface area (Å²) in [5.41, 5.74) is 2.14. The summed E-state index contributed by atoms with van der Waals surface area (Å²) in [5, 5.41) is 20.8. The first-order chi connectivity index (χ1) is 11.4. The average molecular weight is 329 g/mol. The standard InChI is InChI=1S/C16H19N5O3/c1-16(2)10-20(8-11-7-17-19-15(11)16)9-14(22)18-12-5-3-4-6-13(12)21(23)24/h3-7H,8-10H2,1-2H3,(H,17,19)(H,18,22). The molecule has 8 heteroatoms. The normalized spacial score (nSPS) is 16.4. The van der Waals surface area contributed by atoms with Crippen LogP contribution in [0.15, 0.2) is 30.5 Å². The summed E-state index contributed by atoms with van der Waals surface area (Å²) in [7, 11) is 0. The molecule has 1 aliphatic rings. The molecule has 0 radical (unpaired) electrons. The van der Waals surface area contributed by atoms with E-state index in [-0.39, 0.29) is 29.2 Å². The van der Waals surface area contributed by atoms with Crippen LogP contribution in [-0.4, -0.2) is 39.0 Å². The summed E-state index contributed by atoms with van der Waals surface area (Å²) < 4.78 is 0. The van der Waals surface area contributed by atoms with Crippen LogP contribution in [0.1, 0.15) is 25.1 Å². The lowest BCUT2D eigenvalue weighted by atomic mass is 9.83. The second-order valence-electron chi connectivity index (χ2n) is 6.62. The number of hydrogen-bond donors (Lipinski definition) is 2. The zero-order valence-electron chi connectivity index (χ0n) is 13.6. The van der Waals surface area contributed by atoms with Gasteiger partial charge >= 0.3 is 0 Å². The van der Waals surface area contributed by atoms with E-state index >= 15 is 0 Å². The molecule has 1 aromatic carbocycles. The number of benzene rings is 1. The first kappa shape index (κ1) is 16.1. The van der Waals surface area contributed by atoms with Crippen molar-refractivity contribution in [2.24, 2.45) is 0 Å². The Morgan fingerprint density at radius 3 is 2.96 bits per heavy atom. The lowest BCUT2D eigenvalue weighted by Crippen LogP contribution is -2.45. The quantitative estimate of drug-likeness (QED) is 0.660. The minimum atomic E-state index is -0.503. The molecular formula is C16H19N5O3. The topological polar surface area (TPSA) is 104 Å². The summed E-state index contributed by atoms with van der Waals surface area (Å²) in [4.78, 5) is 24.9. The molecule has 1 aromatic heterocycles. The molecule has 126 valence electrons. The van der Waals surface area contributed by atoms with E-state index in [1.54, 1.807) is 18.3 Å². The van der Waals surface area contributed by atoms with Crippen molar-refractivity contribution in [1.29, 1.82) is 0 Å². The van der Waals surface area contributed by atoms with Crippen LogP contribution in [0.25, 0.3) is 0 Å². The number of aromatic nitrogens is 2. The molecule has 0 saturated carbocycles. The Morgan fingerprint density at radius 1 is 1.46 bits per heavy atom. The number of rotatable bonds is 4. The minimum Gasteiger partial charge on any atom is -0.319 e. The van der Waals surface area contributed by atoms with E-state index < -0.39 is 4.92 Å².